The predicted molar refractivity (Wildman–Crippen MR) is 56.3 cm³/mol. The number of hydrogen-bond donors (Lipinski definition) is 2. The highest BCUT2D eigenvalue weighted by Gasteiger charge is 2.10. The Morgan fingerprint density at radius 1 is 1.73 bits per heavy atom. The second-order valence-corrected chi connectivity index (χ2v) is 3.46. The van der Waals surface area contributed by atoms with E-state index in [1.165, 1.54) is 6.07 Å². The molecular weight excluding hydrogens is 268 g/mol. The number of nitrogens with one attached hydrogen (secondary N) is 1. The third-order valence-electron chi connectivity index (χ3n) is 1.47. The lowest BCUT2D eigenvalue weighted by atomic mass is 10.4. The third kappa shape index (κ3) is 3.17. The number of aromatic nitrogens is 1. The Bertz CT molecular complexity index is 409. The zero-order valence-electron chi connectivity index (χ0n) is 7.44. The van der Waals surface area contributed by atoms with Crippen molar-refractivity contribution in [3.8, 4) is 0 Å². The third-order valence-corrected chi connectivity index (χ3v) is 2.07. The van der Waals surface area contributed by atoms with Crippen molar-refractivity contribution in [2.75, 3.05) is 11.9 Å². The van der Waals surface area contributed by atoms with Crippen LogP contribution in [0.3, 0.4) is 0 Å². The molecule has 0 saturated heterocycles. The molecule has 0 spiro atoms. The van der Waals surface area contributed by atoms with Crippen molar-refractivity contribution in [2.45, 2.75) is 0 Å². The van der Waals surface area contributed by atoms with Crippen molar-refractivity contribution in [1.29, 1.82) is 0 Å². The number of nitrogens with two attached hydrogens (primary N) is 1. The normalized spacial score (nSPS) is 9.67. The number of amides is 1. The summed E-state index contributed by atoms with van der Waals surface area (Å²) in [5, 5.41) is 13.0. The van der Waals surface area contributed by atoms with Crippen LogP contribution in [0.1, 0.15) is 0 Å². The van der Waals surface area contributed by atoms with Gasteiger partial charge in [0.2, 0.25) is 5.91 Å². The summed E-state index contributed by atoms with van der Waals surface area (Å²) >= 11 is 3.08. The average molecular weight is 275 g/mol. The molecule has 0 bridgehead atoms. The Morgan fingerprint density at radius 2 is 2.40 bits per heavy atom. The minimum Gasteiger partial charge on any atom is -0.368 e. The summed E-state index contributed by atoms with van der Waals surface area (Å²) < 4.78 is 0.401. The maximum Gasteiger partial charge on any atom is 0.288 e. The molecule has 0 aliphatic rings. The Kier molecular flexibility index (Phi) is 3.56. The second-order valence-electron chi connectivity index (χ2n) is 2.60. The molecule has 0 aliphatic heterocycles. The first-order chi connectivity index (χ1) is 7.00. The molecule has 1 amide bonds. The number of carbonyl (C=O) groups is 1. The lowest BCUT2D eigenvalue weighted by molar-refractivity contribution is -0.385. The van der Waals surface area contributed by atoms with Crippen LogP contribution in [-0.2, 0) is 4.79 Å². The summed E-state index contributed by atoms with van der Waals surface area (Å²) in [5.41, 5.74) is 4.78. The van der Waals surface area contributed by atoms with Crippen LogP contribution in [0.15, 0.2) is 16.7 Å². The first kappa shape index (κ1) is 11.4. The fourth-order valence-electron chi connectivity index (χ4n) is 0.829. The fraction of sp³-hybridized carbons (Fsp3) is 0.143. The van der Waals surface area contributed by atoms with E-state index in [1.807, 2.05) is 0 Å². The predicted octanol–water partition coefficient (Wildman–Crippen LogP) is 0.649. The molecule has 0 unspecified atom stereocenters. The summed E-state index contributed by atoms with van der Waals surface area (Å²) in [5.74, 6) is -0.207. The van der Waals surface area contributed by atoms with E-state index >= 15 is 0 Å². The molecule has 0 aliphatic carbocycles. The Labute approximate surface area is 93.0 Å². The molecule has 0 fully saturated rings. The van der Waals surface area contributed by atoms with Gasteiger partial charge in [-0.25, -0.2) is 4.98 Å². The zero-order valence-corrected chi connectivity index (χ0v) is 9.02. The molecule has 3 N–H and O–H groups in total. The van der Waals surface area contributed by atoms with Gasteiger partial charge in [0.15, 0.2) is 0 Å². The molecule has 1 aromatic rings. The topological polar surface area (TPSA) is 111 Å². The number of anilines is 1. The van der Waals surface area contributed by atoms with E-state index in [0.29, 0.717) is 10.3 Å². The summed E-state index contributed by atoms with van der Waals surface area (Å²) in [4.78, 5) is 24.1. The van der Waals surface area contributed by atoms with Gasteiger partial charge < -0.3 is 11.1 Å². The maximum atomic E-state index is 10.5. The average Bonchev–Trinajstić information content (AvgIpc) is 2.15. The van der Waals surface area contributed by atoms with Crippen LogP contribution in [0.5, 0.6) is 0 Å². The largest absolute Gasteiger partial charge is 0.368 e. The van der Waals surface area contributed by atoms with Crippen molar-refractivity contribution < 1.29 is 9.72 Å². The molecule has 0 aromatic carbocycles. The van der Waals surface area contributed by atoms with Gasteiger partial charge >= 0.3 is 0 Å². The number of pyridine rings is 1. The Balaban J connectivity index is 2.83. The van der Waals surface area contributed by atoms with Gasteiger partial charge in [-0.1, -0.05) is 0 Å². The van der Waals surface area contributed by atoms with Gasteiger partial charge in [0.25, 0.3) is 5.69 Å². The van der Waals surface area contributed by atoms with Crippen LogP contribution in [-0.4, -0.2) is 22.4 Å². The van der Waals surface area contributed by atoms with Gasteiger partial charge in [-0.15, -0.1) is 0 Å². The molecule has 7 nitrogen and oxygen atoms in total. The van der Waals surface area contributed by atoms with E-state index < -0.39 is 10.8 Å². The zero-order chi connectivity index (χ0) is 11.4. The molecule has 80 valence electrons. The van der Waals surface area contributed by atoms with E-state index in [1.54, 1.807) is 0 Å². The van der Waals surface area contributed by atoms with E-state index in [-0.39, 0.29) is 12.2 Å². The van der Waals surface area contributed by atoms with E-state index in [2.05, 4.69) is 26.2 Å². The highest BCUT2D eigenvalue weighted by molar-refractivity contribution is 9.10. The van der Waals surface area contributed by atoms with Crippen LogP contribution in [0.2, 0.25) is 0 Å². The summed E-state index contributed by atoms with van der Waals surface area (Å²) in [6.07, 6.45) is 1.09. The quantitative estimate of drug-likeness (QED) is 0.619. The van der Waals surface area contributed by atoms with Gasteiger partial charge in [0.1, 0.15) is 12.0 Å². The lowest BCUT2D eigenvalue weighted by Gasteiger charge is -2.04. The van der Waals surface area contributed by atoms with Crippen molar-refractivity contribution in [3.05, 3.63) is 26.9 Å². The standard InChI is InChI=1S/C7H7BrN4O3/c8-5-1-4(12(14)15)2-10-7(5)11-3-6(9)13/h1-2H,3H2,(H2,9,13)(H,10,11). The molecule has 0 radical (unpaired) electrons. The molecule has 1 rings (SSSR count). The molecule has 0 atom stereocenters. The van der Waals surface area contributed by atoms with Gasteiger partial charge in [-0.3, -0.25) is 14.9 Å². The van der Waals surface area contributed by atoms with Crippen molar-refractivity contribution in [3.63, 3.8) is 0 Å². The van der Waals surface area contributed by atoms with Crippen LogP contribution >= 0.6 is 15.9 Å². The van der Waals surface area contributed by atoms with Crippen molar-refractivity contribution in [1.82, 2.24) is 4.98 Å². The Morgan fingerprint density at radius 3 is 2.87 bits per heavy atom. The number of rotatable bonds is 4. The number of halogens is 1. The second kappa shape index (κ2) is 4.69. The summed E-state index contributed by atoms with van der Waals surface area (Å²) in [7, 11) is 0. The molecule has 8 heteroatoms. The van der Waals surface area contributed by atoms with Crippen molar-refractivity contribution in [2.24, 2.45) is 5.73 Å². The van der Waals surface area contributed by atoms with Gasteiger partial charge in [-0.2, -0.15) is 0 Å². The molecule has 1 aromatic heterocycles. The van der Waals surface area contributed by atoms with Gasteiger partial charge in [0.05, 0.1) is 15.9 Å². The SMILES string of the molecule is NC(=O)CNc1ncc([N+](=O)[O-])cc1Br. The van der Waals surface area contributed by atoms with E-state index in [4.69, 9.17) is 5.73 Å². The lowest BCUT2D eigenvalue weighted by Crippen LogP contribution is -2.22. The van der Waals surface area contributed by atoms with Crippen molar-refractivity contribution >= 4 is 33.3 Å². The van der Waals surface area contributed by atoms with E-state index in [9.17, 15) is 14.9 Å². The number of nitrogens with zero attached hydrogens (tertiary/aromatic N) is 2. The summed E-state index contributed by atoms with van der Waals surface area (Å²) in [6.45, 7) is -0.0799. The van der Waals surface area contributed by atoms with Crippen LogP contribution in [0.25, 0.3) is 0 Å². The smallest absolute Gasteiger partial charge is 0.288 e. The number of nitro groups is 1. The fourth-order valence-corrected chi connectivity index (χ4v) is 1.31. The van der Waals surface area contributed by atoms with Crippen LogP contribution in [0.4, 0.5) is 11.5 Å². The minimum atomic E-state index is -0.560. The van der Waals surface area contributed by atoms with Gasteiger partial charge in [-0.05, 0) is 15.9 Å². The van der Waals surface area contributed by atoms with Gasteiger partial charge in [0, 0.05) is 6.07 Å². The highest BCUT2D eigenvalue weighted by atomic mass is 79.9. The highest BCUT2D eigenvalue weighted by Crippen LogP contribution is 2.23. The first-order valence-electron chi connectivity index (χ1n) is 3.83. The number of hydrogen-bond acceptors (Lipinski definition) is 5. The van der Waals surface area contributed by atoms with Crippen LogP contribution < -0.4 is 11.1 Å². The molecular formula is C7H7BrN4O3. The van der Waals surface area contributed by atoms with E-state index in [0.717, 1.165) is 6.20 Å². The number of carbonyl (C=O) groups excluding carboxylic acids is 1. The molecule has 15 heavy (non-hydrogen) atoms. The molecule has 1 heterocycles. The summed E-state index contributed by atoms with van der Waals surface area (Å²) in [6, 6.07) is 1.29. The van der Waals surface area contributed by atoms with Crippen LogP contribution in [0, 0.1) is 10.1 Å². The number of primary amides is 1. The maximum absolute atomic E-state index is 10.5. The molecule has 0 saturated carbocycles. The first-order valence-corrected chi connectivity index (χ1v) is 4.62. The Hall–Kier alpha value is -1.70. The monoisotopic (exact) mass is 274 g/mol. The minimum absolute atomic E-state index is 0.0799.